The Morgan fingerprint density at radius 2 is 1.70 bits per heavy atom. The molecule has 1 aliphatic carbocycles. The van der Waals surface area contributed by atoms with Gasteiger partial charge in [-0.05, 0) is 37.7 Å². The molecule has 0 radical (unpaired) electrons. The molecular weight excluding hydrogens is 423 g/mol. The van der Waals surface area contributed by atoms with Crippen LogP contribution < -0.4 is 16.0 Å². The van der Waals surface area contributed by atoms with Crippen molar-refractivity contribution in [1.29, 1.82) is 0 Å². The average Bonchev–Trinajstić information content (AvgIpc) is 2.57. The van der Waals surface area contributed by atoms with E-state index in [1.54, 1.807) is 7.05 Å². The molecule has 23 heavy (non-hydrogen) atoms. The number of rotatable bonds is 9. The van der Waals surface area contributed by atoms with Gasteiger partial charge in [-0.15, -0.1) is 24.0 Å². The Morgan fingerprint density at radius 1 is 1.04 bits per heavy atom. The van der Waals surface area contributed by atoms with Gasteiger partial charge in [0.05, 0.1) is 0 Å². The fraction of sp³-hybridized carbons (Fsp3) is 0.875. The lowest BCUT2D eigenvalue weighted by atomic mass is 9.89. The summed E-state index contributed by atoms with van der Waals surface area (Å²) in [4.78, 5) is 16.2. The van der Waals surface area contributed by atoms with E-state index >= 15 is 0 Å². The third kappa shape index (κ3) is 11.1. The van der Waals surface area contributed by atoms with E-state index in [-0.39, 0.29) is 35.8 Å². The standard InChI is InChI=1S/C16H32N4OS.HI/c1-17-16(19-10-6-7-13-22-2)20-12-11-18-15(21)14-8-4-3-5-9-14;/h14H,3-13H2,1-2H3,(H,18,21)(H2,17,19,20);1H. The number of thioether (sulfide) groups is 1. The van der Waals surface area contributed by atoms with Crippen molar-refractivity contribution in [3.8, 4) is 0 Å². The van der Waals surface area contributed by atoms with Crippen molar-refractivity contribution in [2.24, 2.45) is 10.9 Å². The minimum atomic E-state index is 0. The van der Waals surface area contributed by atoms with Gasteiger partial charge in [-0.1, -0.05) is 19.3 Å². The maximum absolute atomic E-state index is 12.0. The number of nitrogens with one attached hydrogen (secondary N) is 3. The Kier molecular flexibility index (Phi) is 15.2. The molecule has 0 aromatic rings. The molecular formula is C16H33IN4OS. The molecule has 0 spiro atoms. The summed E-state index contributed by atoms with van der Waals surface area (Å²) < 4.78 is 0. The number of amides is 1. The highest BCUT2D eigenvalue weighted by Crippen LogP contribution is 2.23. The number of carbonyl (C=O) groups is 1. The van der Waals surface area contributed by atoms with Gasteiger partial charge < -0.3 is 16.0 Å². The molecule has 1 saturated carbocycles. The predicted molar refractivity (Wildman–Crippen MR) is 112 cm³/mol. The van der Waals surface area contributed by atoms with Crippen LogP contribution in [0, 0.1) is 5.92 Å². The van der Waals surface area contributed by atoms with Crippen molar-refractivity contribution < 1.29 is 4.79 Å². The van der Waals surface area contributed by atoms with E-state index in [2.05, 4.69) is 27.2 Å². The van der Waals surface area contributed by atoms with E-state index in [0.29, 0.717) is 13.1 Å². The second kappa shape index (κ2) is 15.4. The number of aliphatic imine (C=N–C) groups is 1. The van der Waals surface area contributed by atoms with Crippen LogP contribution in [-0.2, 0) is 4.79 Å². The molecule has 3 N–H and O–H groups in total. The normalized spacial score (nSPS) is 15.7. The SMILES string of the molecule is CN=C(NCCCCSC)NCCNC(=O)C1CCCCC1.I. The van der Waals surface area contributed by atoms with Crippen LogP contribution in [0.3, 0.4) is 0 Å². The molecule has 0 bridgehead atoms. The van der Waals surface area contributed by atoms with Crippen LogP contribution >= 0.6 is 35.7 Å². The first-order valence-electron chi connectivity index (χ1n) is 8.49. The van der Waals surface area contributed by atoms with Crippen LogP contribution in [0.5, 0.6) is 0 Å². The first-order valence-corrected chi connectivity index (χ1v) is 9.88. The largest absolute Gasteiger partial charge is 0.356 e. The van der Waals surface area contributed by atoms with Gasteiger partial charge in [0.25, 0.3) is 0 Å². The van der Waals surface area contributed by atoms with Crippen molar-refractivity contribution >= 4 is 47.6 Å². The summed E-state index contributed by atoms with van der Waals surface area (Å²) in [5.74, 6) is 2.49. The molecule has 0 atom stereocenters. The zero-order valence-corrected chi connectivity index (χ0v) is 17.7. The fourth-order valence-corrected chi connectivity index (χ4v) is 3.17. The summed E-state index contributed by atoms with van der Waals surface area (Å²) in [5.41, 5.74) is 0. The minimum Gasteiger partial charge on any atom is -0.356 e. The molecule has 136 valence electrons. The lowest BCUT2D eigenvalue weighted by Crippen LogP contribution is -2.42. The smallest absolute Gasteiger partial charge is 0.223 e. The fourth-order valence-electron chi connectivity index (χ4n) is 2.67. The predicted octanol–water partition coefficient (Wildman–Crippen LogP) is 2.61. The summed E-state index contributed by atoms with van der Waals surface area (Å²) in [6.45, 7) is 2.31. The summed E-state index contributed by atoms with van der Waals surface area (Å²) >= 11 is 1.88. The highest BCUT2D eigenvalue weighted by atomic mass is 127. The highest BCUT2D eigenvalue weighted by Gasteiger charge is 2.20. The Balaban J connectivity index is 0.00000484. The lowest BCUT2D eigenvalue weighted by Gasteiger charge is -2.21. The van der Waals surface area contributed by atoms with E-state index in [1.165, 1.54) is 31.4 Å². The quantitative estimate of drug-likeness (QED) is 0.216. The summed E-state index contributed by atoms with van der Waals surface area (Å²) in [6.07, 6.45) is 10.3. The minimum absolute atomic E-state index is 0. The molecule has 7 heteroatoms. The molecule has 0 aliphatic heterocycles. The summed E-state index contributed by atoms with van der Waals surface area (Å²) in [6, 6.07) is 0. The van der Waals surface area contributed by atoms with Gasteiger partial charge in [-0.3, -0.25) is 9.79 Å². The topological polar surface area (TPSA) is 65.5 Å². The van der Waals surface area contributed by atoms with Gasteiger partial charge in [0.1, 0.15) is 0 Å². The van der Waals surface area contributed by atoms with Gasteiger partial charge in [0, 0.05) is 32.6 Å². The zero-order chi connectivity index (χ0) is 16.0. The van der Waals surface area contributed by atoms with E-state index in [0.717, 1.165) is 31.8 Å². The van der Waals surface area contributed by atoms with Crippen LogP contribution in [0.25, 0.3) is 0 Å². The van der Waals surface area contributed by atoms with E-state index in [9.17, 15) is 4.79 Å². The van der Waals surface area contributed by atoms with Crippen LogP contribution in [-0.4, -0.2) is 50.6 Å². The van der Waals surface area contributed by atoms with Gasteiger partial charge in [-0.25, -0.2) is 0 Å². The van der Waals surface area contributed by atoms with Crippen molar-refractivity contribution in [3.05, 3.63) is 0 Å². The maximum atomic E-state index is 12.0. The third-order valence-electron chi connectivity index (χ3n) is 3.98. The Hall–Kier alpha value is -0.180. The van der Waals surface area contributed by atoms with Crippen LogP contribution in [0.4, 0.5) is 0 Å². The molecule has 0 unspecified atom stereocenters. The van der Waals surface area contributed by atoms with Crippen LogP contribution in [0.2, 0.25) is 0 Å². The molecule has 0 saturated heterocycles. The van der Waals surface area contributed by atoms with Crippen LogP contribution in [0.15, 0.2) is 4.99 Å². The Labute approximate surface area is 162 Å². The molecule has 5 nitrogen and oxygen atoms in total. The lowest BCUT2D eigenvalue weighted by molar-refractivity contribution is -0.125. The number of unbranched alkanes of at least 4 members (excludes halogenated alkanes) is 1. The second-order valence-corrected chi connectivity index (χ2v) is 6.74. The van der Waals surface area contributed by atoms with Gasteiger partial charge >= 0.3 is 0 Å². The number of nitrogens with zero attached hydrogens (tertiary/aromatic N) is 1. The number of carbonyl (C=O) groups excluding carboxylic acids is 1. The van der Waals surface area contributed by atoms with Crippen molar-refractivity contribution in [2.75, 3.05) is 38.7 Å². The molecule has 1 aliphatic rings. The Bertz CT molecular complexity index is 336. The van der Waals surface area contributed by atoms with Gasteiger partial charge in [-0.2, -0.15) is 11.8 Å². The number of hydrogen-bond acceptors (Lipinski definition) is 3. The van der Waals surface area contributed by atoms with E-state index < -0.39 is 0 Å². The zero-order valence-electron chi connectivity index (χ0n) is 14.5. The highest BCUT2D eigenvalue weighted by molar-refractivity contribution is 14.0. The maximum Gasteiger partial charge on any atom is 0.223 e. The van der Waals surface area contributed by atoms with E-state index in [4.69, 9.17) is 0 Å². The first kappa shape index (κ1) is 22.8. The summed E-state index contributed by atoms with van der Waals surface area (Å²) in [7, 11) is 1.78. The third-order valence-corrected chi connectivity index (χ3v) is 4.68. The van der Waals surface area contributed by atoms with Crippen molar-refractivity contribution in [2.45, 2.75) is 44.9 Å². The molecule has 0 heterocycles. The van der Waals surface area contributed by atoms with Gasteiger partial charge in [0.15, 0.2) is 5.96 Å². The van der Waals surface area contributed by atoms with E-state index in [1.807, 2.05) is 11.8 Å². The van der Waals surface area contributed by atoms with Crippen molar-refractivity contribution in [3.63, 3.8) is 0 Å². The average molecular weight is 456 g/mol. The summed E-state index contributed by atoms with van der Waals surface area (Å²) in [5, 5.41) is 9.56. The van der Waals surface area contributed by atoms with Gasteiger partial charge in [0.2, 0.25) is 5.91 Å². The molecule has 1 amide bonds. The monoisotopic (exact) mass is 456 g/mol. The van der Waals surface area contributed by atoms with Crippen molar-refractivity contribution in [1.82, 2.24) is 16.0 Å². The first-order chi connectivity index (χ1) is 10.8. The molecule has 1 fully saturated rings. The Morgan fingerprint density at radius 3 is 2.35 bits per heavy atom. The van der Waals surface area contributed by atoms with Crippen LogP contribution in [0.1, 0.15) is 44.9 Å². The molecule has 0 aromatic carbocycles. The second-order valence-electron chi connectivity index (χ2n) is 5.75. The molecule has 0 aromatic heterocycles. The number of guanidine groups is 1. The molecule has 1 rings (SSSR count). The number of halogens is 1. The number of hydrogen-bond donors (Lipinski definition) is 3.